The van der Waals surface area contributed by atoms with Crippen LogP contribution >= 0.6 is 0 Å². The van der Waals surface area contributed by atoms with Crippen molar-refractivity contribution in [3.05, 3.63) is 81.6 Å². The van der Waals surface area contributed by atoms with E-state index in [1.165, 1.54) is 4.57 Å². The molecule has 31 heavy (non-hydrogen) atoms. The number of carboxylic acids is 1. The molecule has 6 nitrogen and oxygen atoms in total. The molecular weight excluding hydrogens is 408 g/mol. The number of ether oxygens (including phenoxy) is 2. The van der Waals surface area contributed by atoms with Crippen molar-refractivity contribution < 1.29 is 28.2 Å². The normalized spacial score (nSPS) is 13.0. The Morgan fingerprint density at radius 1 is 1.06 bits per heavy atom. The van der Waals surface area contributed by atoms with Crippen molar-refractivity contribution in [1.29, 1.82) is 0 Å². The average Bonchev–Trinajstić information content (AvgIpc) is 2.77. The topological polar surface area (TPSA) is 77.8 Å². The molecule has 0 atom stereocenters. The first kappa shape index (κ1) is 17.6. The summed E-state index contributed by atoms with van der Waals surface area (Å²) in [6.07, 6.45) is 1.11. The molecule has 0 amide bonds. The van der Waals surface area contributed by atoms with E-state index in [1.807, 2.05) is 24.3 Å². The van der Waals surface area contributed by atoms with Gasteiger partial charge in [-0.25, -0.2) is 9.18 Å². The molecule has 8 heteroatoms. The lowest BCUT2D eigenvalue weighted by Crippen LogP contribution is -2.21. The van der Waals surface area contributed by atoms with Gasteiger partial charge in [-0.2, -0.15) is 4.39 Å². The van der Waals surface area contributed by atoms with Crippen LogP contribution in [0.1, 0.15) is 15.9 Å². The molecule has 6 rings (SSSR count). The monoisotopic (exact) mass is 419 g/mol. The van der Waals surface area contributed by atoms with Crippen molar-refractivity contribution in [2.45, 2.75) is 6.61 Å². The van der Waals surface area contributed by atoms with E-state index < -0.39 is 34.3 Å². The van der Waals surface area contributed by atoms with Crippen LogP contribution in [0.25, 0.3) is 27.7 Å². The summed E-state index contributed by atoms with van der Waals surface area (Å²) in [6, 6.07) is 11.6. The van der Waals surface area contributed by atoms with Gasteiger partial charge in [0.25, 0.3) is 0 Å². The molecule has 152 valence electrons. The van der Waals surface area contributed by atoms with Gasteiger partial charge in [-0.05, 0) is 23.3 Å². The Morgan fingerprint density at radius 3 is 2.68 bits per heavy atom. The lowest BCUT2D eigenvalue weighted by atomic mass is 9.96. The van der Waals surface area contributed by atoms with Gasteiger partial charge in [0.1, 0.15) is 23.4 Å². The van der Waals surface area contributed by atoms with E-state index in [0.29, 0.717) is 24.1 Å². The van der Waals surface area contributed by atoms with Crippen molar-refractivity contribution >= 4 is 16.9 Å². The van der Waals surface area contributed by atoms with E-state index in [1.54, 1.807) is 12.1 Å². The zero-order valence-electron chi connectivity index (χ0n) is 15.6. The molecule has 1 aromatic heterocycles. The standard InChI is InChI=1S/C23H11F2NO5/c24-15-5-13-20-22(19(15)25)31-18-7-17-12(11-4-2-1-3-10(11)9-30-17)6-16(18)26(20)8-14(21(13)27)23(28)29/h1-8H,9H2,(H,28,29). The van der Waals surface area contributed by atoms with Gasteiger partial charge in [-0.3, -0.25) is 4.79 Å². The van der Waals surface area contributed by atoms with Gasteiger partial charge in [-0.1, -0.05) is 24.3 Å². The maximum absolute atomic E-state index is 14.6. The molecule has 0 saturated heterocycles. The fourth-order valence-electron chi connectivity index (χ4n) is 4.16. The van der Waals surface area contributed by atoms with Crippen molar-refractivity contribution in [3.8, 4) is 34.1 Å². The number of hydrogen-bond acceptors (Lipinski definition) is 4. The van der Waals surface area contributed by atoms with Gasteiger partial charge in [0.2, 0.25) is 11.2 Å². The summed E-state index contributed by atoms with van der Waals surface area (Å²) in [7, 11) is 0. The number of carboxylic acid groups (broad SMARTS) is 1. The Kier molecular flexibility index (Phi) is 3.37. The van der Waals surface area contributed by atoms with Crippen LogP contribution in [0.5, 0.6) is 17.2 Å². The summed E-state index contributed by atoms with van der Waals surface area (Å²) >= 11 is 0. The van der Waals surface area contributed by atoms with Gasteiger partial charge >= 0.3 is 5.97 Å². The zero-order chi connectivity index (χ0) is 21.4. The molecule has 0 aliphatic carbocycles. The molecule has 4 aromatic rings. The predicted octanol–water partition coefficient (Wildman–Crippen LogP) is 4.63. The van der Waals surface area contributed by atoms with Crippen LogP contribution in [0.2, 0.25) is 0 Å². The van der Waals surface area contributed by atoms with Crippen LogP contribution in [0.3, 0.4) is 0 Å². The summed E-state index contributed by atoms with van der Waals surface area (Å²) in [5, 5.41) is 9.21. The zero-order valence-corrected chi connectivity index (χ0v) is 15.6. The fourth-order valence-corrected chi connectivity index (χ4v) is 4.16. The third kappa shape index (κ3) is 2.29. The minimum absolute atomic E-state index is 0.0358. The first-order valence-corrected chi connectivity index (χ1v) is 9.32. The Morgan fingerprint density at radius 2 is 1.87 bits per heavy atom. The number of pyridine rings is 1. The van der Waals surface area contributed by atoms with Crippen LogP contribution in [0, 0.1) is 11.6 Å². The molecule has 0 bridgehead atoms. The Labute approximate surface area is 172 Å². The van der Waals surface area contributed by atoms with Crippen molar-refractivity contribution in [3.63, 3.8) is 0 Å². The van der Waals surface area contributed by atoms with E-state index >= 15 is 0 Å². The Bertz CT molecular complexity index is 1540. The average molecular weight is 419 g/mol. The highest BCUT2D eigenvalue weighted by Crippen LogP contribution is 2.48. The van der Waals surface area contributed by atoms with E-state index in [4.69, 9.17) is 9.47 Å². The molecule has 0 saturated carbocycles. The number of aromatic carboxylic acids is 1. The molecule has 2 aliphatic heterocycles. The minimum atomic E-state index is -1.47. The van der Waals surface area contributed by atoms with E-state index in [0.717, 1.165) is 22.9 Å². The number of hydrogen-bond donors (Lipinski definition) is 1. The second-order valence-electron chi connectivity index (χ2n) is 7.31. The third-order valence-corrected chi connectivity index (χ3v) is 5.59. The van der Waals surface area contributed by atoms with E-state index in [-0.39, 0.29) is 16.7 Å². The first-order valence-electron chi connectivity index (χ1n) is 9.32. The largest absolute Gasteiger partial charge is 0.488 e. The summed E-state index contributed by atoms with van der Waals surface area (Å²) < 4.78 is 41.6. The van der Waals surface area contributed by atoms with Gasteiger partial charge in [0.15, 0.2) is 17.3 Å². The highest BCUT2D eigenvalue weighted by molar-refractivity contribution is 5.96. The molecule has 3 aromatic carbocycles. The lowest BCUT2D eigenvalue weighted by Gasteiger charge is -2.27. The van der Waals surface area contributed by atoms with Crippen LogP contribution in [0.15, 0.2) is 53.5 Å². The van der Waals surface area contributed by atoms with Gasteiger partial charge < -0.3 is 19.1 Å². The van der Waals surface area contributed by atoms with Crippen molar-refractivity contribution in [2.24, 2.45) is 0 Å². The first-order chi connectivity index (χ1) is 14.9. The molecular formula is C23H11F2NO5. The number of carbonyl (C=O) groups is 1. The van der Waals surface area contributed by atoms with Crippen LogP contribution < -0.4 is 14.9 Å². The van der Waals surface area contributed by atoms with E-state index in [9.17, 15) is 23.5 Å². The molecule has 0 spiro atoms. The smallest absolute Gasteiger partial charge is 0.341 e. The number of benzene rings is 3. The summed E-state index contributed by atoms with van der Waals surface area (Å²) in [4.78, 5) is 24.3. The SMILES string of the molecule is O=C(O)c1cn2c3c(c(F)c(F)cc3c1=O)Oc1cc3c(cc1-2)-c1ccccc1CO3. The summed E-state index contributed by atoms with van der Waals surface area (Å²) in [5.74, 6) is -3.88. The van der Waals surface area contributed by atoms with Gasteiger partial charge in [0.05, 0.1) is 11.1 Å². The number of aromatic nitrogens is 1. The van der Waals surface area contributed by atoms with E-state index in [2.05, 4.69) is 0 Å². The summed E-state index contributed by atoms with van der Waals surface area (Å²) in [5.41, 5.74) is 1.49. The molecule has 1 N–H and O–H groups in total. The Balaban J connectivity index is 1.74. The number of nitrogens with zero attached hydrogens (tertiary/aromatic N) is 1. The molecule has 2 aliphatic rings. The van der Waals surface area contributed by atoms with Crippen molar-refractivity contribution in [1.82, 2.24) is 4.57 Å². The van der Waals surface area contributed by atoms with Crippen LogP contribution in [-0.4, -0.2) is 15.6 Å². The predicted molar refractivity (Wildman–Crippen MR) is 106 cm³/mol. The molecule has 0 radical (unpaired) electrons. The number of rotatable bonds is 1. The second-order valence-corrected chi connectivity index (χ2v) is 7.31. The quantitative estimate of drug-likeness (QED) is 0.429. The van der Waals surface area contributed by atoms with Crippen molar-refractivity contribution in [2.75, 3.05) is 0 Å². The summed E-state index contributed by atoms with van der Waals surface area (Å²) in [6.45, 7) is 0.340. The maximum atomic E-state index is 14.6. The molecule has 0 fully saturated rings. The van der Waals surface area contributed by atoms with Gasteiger partial charge in [0, 0.05) is 17.8 Å². The Hall–Kier alpha value is -4.20. The fraction of sp³-hybridized carbons (Fsp3) is 0.0435. The third-order valence-electron chi connectivity index (χ3n) is 5.59. The maximum Gasteiger partial charge on any atom is 0.341 e. The van der Waals surface area contributed by atoms with Gasteiger partial charge in [-0.15, -0.1) is 0 Å². The minimum Gasteiger partial charge on any atom is -0.488 e. The molecule has 0 unspecified atom stereocenters. The second kappa shape index (κ2) is 5.91. The number of halogens is 2. The highest BCUT2D eigenvalue weighted by Gasteiger charge is 2.30. The highest BCUT2D eigenvalue weighted by atomic mass is 19.2. The number of fused-ring (bicyclic) bond motifs is 5. The lowest BCUT2D eigenvalue weighted by molar-refractivity contribution is 0.0695. The molecule has 3 heterocycles. The van der Waals surface area contributed by atoms with Crippen LogP contribution in [0.4, 0.5) is 8.78 Å². The van der Waals surface area contributed by atoms with Crippen LogP contribution in [-0.2, 0) is 6.61 Å².